The highest BCUT2D eigenvalue weighted by Gasteiger charge is 2.64. The fraction of sp³-hybridized carbons (Fsp3) is 0.750. The third-order valence-electron chi connectivity index (χ3n) is 5.29. The van der Waals surface area contributed by atoms with Crippen molar-refractivity contribution in [1.29, 1.82) is 0 Å². The minimum absolute atomic E-state index is 0.0218. The van der Waals surface area contributed by atoms with Gasteiger partial charge in [-0.1, -0.05) is 0 Å². The Balaban J connectivity index is 1.76. The van der Waals surface area contributed by atoms with E-state index in [1.165, 1.54) is 0 Å². The molecule has 0 aromatic carbocycles. The second kappa shape index (κ2) is 7.90. The Morgan fingerprint density at radius 3 is 2.39 bits per heavy atom. The standard InChI is InChI=1S/C16H19F7N4O3S/c1-31(28,29)27-5-2-11(10(17)7-27)25-13-24-6-9(15(18,19)20)12(26-13)30-8-14(3-4-14)16(21,22)23/h6,10-11H,2-5,7-8H2,1H3,(H,24,25,26)/t10-,11-/m1/s1. The summed E-state index contributed by atoms with van der Waals surface area (Å²) in [5.41, 5.74) is -3.67. The Hall–Kier alpha value is -1.90. The molecule has 0 unspecified atom stereocenters. The molecule has 3 rings (SSSR count). The maximum atomic E-state index is 14.4. The van der Waals surface area contributed by atoms with Crippen molar-refractivity contribution < 1.29 is 43.9 Å². The van der Waals surface area contributed by atoms with Crippen LogP contribution in [0, 0.1) is 5.41 Å². The lowest BCUT2D eigenvalue weighted by molar-refractivity contribution is -0.195. The van der Waals surface area contributed by atoms with Crippen LogP contribution in [0.5, 0.6) is 5.88 Å². The van der Waals surface area contributed by atoms with E-state index in [9.17, 15) is 39.2 Å². The molecule has 2 fully saturated rings. The molecule has 1 saturated heterocycles. The number of nitrogens with one attached hydrogen (secondary N) is 1. The van der Waals surface area contributed by atoms with Crippen molar-refractivity contribution in [1.82, 2.24) is 14.3 Å². The van der Waals surface area contributed by atoms with Gasteiger partial charge < -0.3 is 10.1 Å². The Morgan fingerprint density at radius 1 is 1.26 bits per heavy atom. The van der Waals surface area contributed by atoms with Gasteiger partial charge in [-0.15, -0.1) is 0 Å². The van der Waals surface area contributed by atoms with Crippen LogP contribution >= 0.6 is 0 Å². The summed E-state index contributed by atoms with van der Waals surface area (Å²) < 4.78 is 122. The molecular formula is C16H19F7N4O3S. The van der Waals surface area contributed by atoms with Crippen molar-refractivity contribution in [3.63, 3.8) is 0 Å². The van der Waals surface area contributed by atoms with Crippen molar-refractivity contribution in [3.05, 3.63) is 11.8 Å². The SMILES string of the molecule is CS(=O)(=O)N1CC[C@@H](Nc2ncc(C(F)(F)F)c(OCC3(C(F)(F)F)CC3)n2)[C@H](F)C1. The van der Waals surface area contributed by atoms with Crippen LogP contribution in [0.4, 0.5) is 36.7 Å². The fourth-order valence-electron chi connectivity index (χ4n) is 3.11. The summed E-state index contributed by atoms with van der Waals surface area (Å²) in [6.45, 7) is -1.53. The van der Waals surface area contributed by atoms with Gasteiger partial charge in [0, 0.05) is 19.3 Å². The second-order valence-corrected chi connectivity index (χ2v) is 9.64. The number of sulfonamides is 1. The summed E-state index contributed by atoms with van der Waals surface area (Å²) in [6.07, 6.45) is -10.6. The van der Waals surface area contributed by atoms with Gasteiger partial charge in [-0.2, -0.15) is 35.6 Å². The van der Waals surface area contributed by atoms with Gasteiger partial charge in [0.2, 0.25) is 21.9 Å². The summed E-state index contributed by atoms with van der Waals surface area (Å²) in [5, 5.41) is 2.48. The van der Waals surface area contributed by atoms with Crippen LogP contribution in [-0.4, -0.2) is 67.0 Å². The van der Waals surface area contributed by atoms with Crippen molar-refractivity contribution in [2.24, 2.45) is 5.41 Å². The first-order chi connectivity index (χ1) is 14.1. The largest absolute Gasteiger partial charge is 0.476 e. The summed E-state index contributed by atoms with van der Waals surface area (Å²) in [5.74, 6) is -1.56. The van der Waals surface area contributed by atoms with Gasteiger partial charge in [-0.3, -0.25) is 0 Å². The minimum atomic E-state index is -4.98. The zero-order chi connectivity index (χ0) is 23.2. The Morgan fingerprint density at radius 2 is 1.90 bits per heavy atom. The molecule has 176 valence electrons. The zero-order valence-corrected chi connectivity index (χ0v) is 16.9. The van der Waals surface area contributed by atoms with E-state index in [1.54, 1.807) is 0 Å². The third-order valence-corrected chi connectivity index (χ3v) is 6.56. The minimum Gasteiger partial charge on any atom is -0.476 e. The fourth-order valence-corrected chi connectivity index (χ4v) is 3.96. The van der Waals surface area contributed by atoms with Crippen molar-refractivity contribution in [2.75, 3.05) is 31.3 Å². The smallest absolute Gasteiger partial charge is 0.423 e. The number of rotatable bonds is 6. The van der Waals surface area contributed by atoms with Gasteiger partial charge in [-0.25, -0.2) is 17.8 Å². The maximum absolute atomic E-state index is 14.4. The van der Waals surface area contributed by atoms with Crippen LogP contribution in [0.2, 0.25) is 0 Å². The van der Waals surface area contributed by atoms with Crippen LogP contribution in [0.3, 0.4) is 0 Å². The molecule has 1 saturated carbocycles. The van der Waals surface area contributed by atoms with Gasteiger partial charge in [0.25, 0.3) is 0 Å². The number of aromatic nitrogens is 2. The highest BCUT2D eigenvalue weighted by atomic mass is 32.2. The summed E-state index contributed by atoms with van der Waals surface area (Å²) in [7, 11) is -3.61. The van der Waals surface area contributed by atoms with Crippen molar-refractivity contribution >= 4 is 16.0 Å². The molecule has 1 N–H and O–H groups in total. The lowest BCUT2D eigenvalue weighted by Gasteiger charge is -2.33. The quantitative estimate of drug-likeness (QED) is 0.631. The first kappa shape index (κ1) is 23.8. The van der Waals surface area contributed by atoms with E-state index in [-0.39, 0.29) is 25.8 Å². The molecule has 31 heavy (non-hydrogen) atoms. The monoisotopic (exact) mass is 480 g/mol. The summed E-state index contributed by atoms with van der Waals surface area (Å²) in [6, 6.07) is -1.01. The van der Waals surface area contributed by atoms with Gasteiger partial charge >= 0.3 is 12.4 Å². The molecule has 0 spiro atoms. The third kappa shape index (κ3) is 5.30. The van der Waals surface area contributed by atoms with Gasteiger partial charge in [-0.05, 0) is 19.3 Å². The molecule has 1 aliphatic carbocycles. The number of ether oxygens (including phenoxy) is 1. The predicted molar refractivity (Wildman–Crippen MR) is 93.6 cm³/mol. The highest BCUT2D eigenvalue weighted by molar-refractivity contribution is 7.88. The molecule has 0 bridgehead atoms. The molecular weight excluding hydrogens is 461 g/mol. The Bertz CT molecular complexity index is 919. The number of hydrogen-bond acceptors (Lipinski definition) is 6. The van der Waals surface area contributed by atoms with Crippen molar-refractivity contribution in [3.8, 4) is 5.88 Å². The van der Waals surface area contributed by atoms with Gasteiger partial charge in [0.15, 0.2) is 0 Å². The number of halogens is 7. The second-order valence-electron chi connectivity index (χ2n) is 7.65. The lowest BCUT2D eigenvalue weighted by Crippen LogP contribution is -2.49. The normalized spacial score (nSPS) is 24.6. The summed E-state index contributed by atoms with van der Waals surface area (Å²) in [4.78, 5) is 6.99. The van der Waals surface area contributed by atoms with E-state index in [1.807, 2.05) is 0 Å². The topological polar surface area (TPSA) is 84.4 Å². The number of hydrogen-bond donors (Lipinski definition) is 1. The average molecular weight is 480 g/mol. The molecule has 2 atom stereocenters. The number of alkyl halides is 7. The van der Waals surface area contributed by atoms with E-state index in [0.717, 1.165) is 10.6 Å². The molecule has 1 aromatic rings. The first-order valence-corrected chi connectivity index (χ1v) is 11.0. The molecule has 0 amide bonds. The van der Waals surface area contributed by atoms with Crippen LogP contribution in [0.15, 0.2) is 6.20 Å². The van der Waals surface area contributed by atoms with Crippen LogP contribution in [0.1, 0.15) is 24.8 Å². The Kier molecular flexibility index (Phi) is 6.06. The number of nitrogens with zero attached hydrogens (tertiary/aromatic N) is 3. The van der Waals surface area contributed by atoms with Crippen LogP contribution < -0.4 is 10.1 Å². The van der Waals surface area contributed by atoms with E-state index in [0.29, 0.717) is 6.20 Å². The van der Waals surface area contributed by atoms with E-state index < -0.39 is 70.5 Å². The molecule has 0 radical (unpaired) electrons. The lowest BCUT2D eigenvalue weighted by atomic mass is 10.1. The highest BCUT2D eigenvalue weighted by Crippen LogP contribution is 2.57. The molecule has 1 aliphatic heterocycles. The van der Waals surface area contributed by atoms with Gasteiger partial charge in [0.1, 0.15) is 23.8 Å². The molecule has 15 heteroatoms. The van der Waals surface area contributed by atoms with Crippen LogP contribution in [0.25, 0.3) is 0 Å². The molecule has 1 aromatic heterocycles. The van der Waals surface area contributed by atoms with Crippen LogP contribution in [-0.2, 0) is 16.2 Å². The zero-order valence-electron chi connectivity index (χ0n) is 16.1. The van der Waals surface area contributed by atoms with E-state index in [4.69, 9.17) is 4.74 Å². The summed E-state index contributed by atoms with van der Waals surface area (Å²) >= 11 is 0. The van der Waals surface area contributed by atoms with Crippen molar-refractivity contribution in [2.45, 2.75) is 43.8 Å². The van der Waals surface area contributed by atoms with Gasteiger partial charge in [0.05, 0.1) is 12.3 Å². The van der Waals surface area contributed by atoms with E-state index >= 15 is 0 Å². The molecule has 2 aliphatic rings. The number of anilines is 1. The average Bonchev–Trinajstić information content (AvgIpc) is 3.41. The first-order valence-electron chi connectivity index (χ1n) is 9.12. The Labute approximate surface area is 173 Å². The maximum Gasteiger partial charge on any atom is 0.423 e. The van der Waals surface area contributed by atoms with E-state index in [2.05, 4.69) is 15.3 Å². The molecule has 2 heterocycles. The number of piperidine rings is 1. The molecule has 7 nitrogen and oxygen atoms in total. The predicted octanol–water partition coefficient (Wildman–Crippen LogP) is 3.00.